The molecule has 8 aromatic carbocycles. The van der Waals surface area contributed by atoms with E-state index in [0.717, 1.165) is 21.9 Å². The quantitative estimate of drug-likeness (QED) is 0.191. The van der Waals surface area contributed by atoms with Gasteiger partial charge in [-0.3, -0.25) is 0 Å². The summed E-state index contributed by atoms with van der Waals surface area (Å²) in [5, 5.41) is 7.28. The van der Waals surface area contributed by atoms with Crippen LogP contribution in [0, 0.1) is 0 Å². The van der Waals surface area contributed by atoms with Gasteiger partial charge in [-0.2, -0.15) is 0 Å². The van der Waals surface area contributed by atoms with Crippen LogP contribution in [0.3, 0.4) is 0 Å². The zero-order valence-electron chi connectivity index (χ0n) is 24.6. The number of furan rings is 1. The highest BCUT2D eigenvalue weighted by atomic mass is 16.3. The maximum atomic E-state index is 6.50. The fraction of sp³-hybridized carbons (Fsp3) is 0. The first kappa shape index (κ1) is 25.6. The number of fused-ring (bicyclic) bond motifs is 5. The lowest BCUT2D eigenvalue weighted by Gasteiger charge is -2.17. The highest BCUT2D eigenvalue weighted by Gasteiger charge is 2.19. The van der Waals surface area contributed by atoms with Crippen LogP contribution in [0.25, 0.3) is 88.0 Å². The van der Waals surface area contributed by atoms with E-state index in [1.807, 2.05) is 0 Å². The lowest BCUT2D eigenvalue weighted by molar-refractivity contribution is 0.669. The molecule has 1 nitrogen and oxygen atoms in total. The van der Waals surface area contributed by atoms with Crippen LogP contribution >= 0.6 is 0 Å². The van der Waals surface area contributed by atoms with Gasteiger partial charge >= 0.3 is 0 Å². The molecule has 0 radical (unpaired) electrons. The van der Waals surface area contributed by atoms with Crippen molar-refractivity contribution in [3.8, 4) is 44.5 Å². The van der Waals surface area contributed by atoms with E-state index in [1.54, 1.807) is 0 Å². The van der Waals surface area contributed by atoms with Gasteiger partial charge in [0.2, 0.25) is 0 Å². The van der Waals surface area contributed by atoms with Crippen molar-refractivity contribution in [2.24, 2.45) is 0 Å². The average Bonchev–Trinajstić information content (AvgIpc) is 3.49. The van der Waals surface area contributed by atoms with Crippen LogP contribution in [0.5, 0.6) is 0 Å². The summed E-state index contributed by atoms with van der Waals surface area (Å²) in [6, 6.07) is 60.9. The van der Waals surface area contributed by atoms with E-state index < -0.39 is 0 Å². The monoisotopic (exact) mass is 572 g/mol. The van der Waals surface area contributed by atoms with E-state index in [-0.39, 0.29) is 0 Å². The Morgan fingerprint density at radius 3 is 1.44 bits per heavy atom. The summed E-state index contributed by atoms with van der Waals surface area (Å²) in [5.41, 5.74) is 11.5. The van der Waals surface area contributed by atoms with Crippen LogP contribution in [-0.2, 0) is 0 Å². The van der Waals surface area contributed by atoms with Gasteiger partial charge in [0.05, 0.1) is 0 Å². The minimum Gasteiger partial charge on any atom is -0.456 e. The third kappa shape index (κ3) is 4.09. The largest absolute Gasteiger partial charge is 0.456 e. The summed E-state index contributed by atoms with van der Waals surface area (Å²) < 4.78 is 6.50. The van der Waals surface area contributed by atoms with E-state index in [4.69, 9.17) is 4.42 Å². The van der Waals surface area contributed by atoms with Crippen LogP contribution in [0.4, 0.5) is 0 Å². The molecule has 0 atom stereocenters. The van der Waals surface area contributed by atoms with Crippen LogP contribution in [0.2, 0.25) is 0 Å². The lowest BCUT2D eigenvalue weighted by Crippen LogP contribution is -1.90. The first-order chi connectivity index (χ1) is 22.3. The number of benzene rings is 8. The SMILES string of the molecule is c1ccc(-c2ccccc2-c2cccc3oc4ccc(-c5c6ccccc6c(-c6ccccc6)c6ccccc56)cc4c23)cc1. The van der Waals surface area contributed by atoms with Crippen LogP contribution in [-0.4, -0.2) is 0 Å². The molecule has 0 aliphatic carbocycles. The van der Waals surface area contributed by atoms with E-state index in [2.05, 4.69) is 170 Å². The van der Waals surface area contributed by atoms with Gasteiger partial charge in [-0.05, 0) is 84.3 Å². The first-order valence-electron chi connectivity index (χ1n) is 15.4. The summed E-state index contributed by atoms with van der Waals surface area (Å²) >= 11 is 0. The highest BCUT2D eigenvalue weighted by Crippen LogP contribution is 2.46. The second kappa shape index (κ2) is 10.4. The maximum Gasteiger partial charge on any atom is 0.136 e. The molecule has 0 unspecified atom stereocenters. The molecule has 0 aliphatic rings. The van der Waals surface area contributed by atoms with Crippen molar-refractivity contribution in [2.45, 2.75) is 0 Å². The first-order valence-corrected chi connectivity index (χ1v) is 15.4. The third-order valence-corrected chi connectivity index (χ3v) is 9.08. The fourth-order valence-corrected chi connectivity index (χ4v) is 7.15. The number of hydrogen-bond acceptors (Lipinski definition) is 1. The Morgan fingerprint density at radius 1 is 0.289 bits per heavy atom. The van der Waals surface area contributed by atoms with Crippen molar-refractivity contribution in [1.82, 2.24) is 0 Å². The van der Waals surface area contributed by atoms with Crippen molar-refractivity contribution >= 4 is 43.5 Å². The van der Waals surface area contributed by atoms with E-state index in [0.29, 0.717) is 0 Å². The zero-order chi connectivity index (χ0) is 29.7. The molecule has 0 saturated carbocycles. The molecule has 9 aromatic rings. The smallest absolute Gasteiger partial charge is 0.136 e. The standard InChI is InChI=1S/C44H28O/c1-3-14-29(15-4-1)32-18-7-8-19-33(32)34-24-13-25-41-44(34)39-28-31(26-27-40(39)45-41)43-37-22-11-9-20-35(37)42(30-16-5-2-6-17-30)36-21-10-12-23-38(36)43/h1-28H. The summed E-state index contributed by atoms with van der Waals surface area (Å²) in [7, 11) is 0. The van der Waals surface area contributed by atoms with Gasteiger partial charge in [0.1, 0.15) is 11.2 Å². The van der Waals surface area contributed by atoms with Crippen molar-refractivity contribution in [1.29, 1.82) is 0 Å². The zero-order valence-corrected chi connectivity index (χ0v) is 24.6. The molecule has 9 rings (SSSR count). The van der Waals surface area contributed by atoms with Crippen LogP contribution in [0.1, 0.15) is 0 Å². The number of rotatable bonds is 4. The Hall–Kier alpha value is -5.92. The van der Waals surface area contributed by atoms with Crippen molar-refractivity contribution in [3.05, 3.63) is 170 Å². The fourth-order valence-electron chi connectivity index (χ4n) is 7.15. The summed E-state index contributed by atoms with van der Waals surface area (Å²) in [6.07, 6.45) is 0. The normalized spacial score (nSPS) is 11.6. The number of hydrogen-bond donors (Lipinski definition) is 0. The van der Waals surface area contributed by atoms with Gasteiger partial charge in [0, 0.05) is 10.8 Å². The molecule has 0 aliphatic heterocycles. The van der Waals surface area contributed by atoms with Gasteiger partial charge in [0.25, 0.3) is 0 Å². The Bertz CT molecular complexity index is 2460. The van der Waals surface area contributed by atoms with Gasteiger partial charge in [-0.15, -0.1) is 0 Å². The van der Waals surface area contributed by atoms with E-state index >= 15 is 0 Å². The van der Waals surface area contributed by atoms with Crippen molar-refractivity contribution in [2.75, 3.05) is 0 Å². The molecule has 0 saturated heterocycles. The van der Waals surface area contributed by atoms with E-state index in [9.17, 15) is 0 Å². The van der Waals surface area contributed by atoms with Gasteiger partial charge in [-0.1, -0.05) is 152 Å². The molecule has 1 aromatic heterocycles. The summed E-state index contributed by atoms with van der Waals surface area (Å²) in [5.74, 6) is 0. The van der Waals surface area contributed by atoms with Gasteiger partial charge < -0.3 is 4.42 Å². The topological polar surface area (TPSA) is 13.1 Å². The summed E-state index contributed by atoms with van der Waals surface area (Å²) in [4.78, 5) is 0. The Kier molecular flexibility index (Phi) is 5.89. The molecule has 210 valence electrons. The molecule has 0 amide bonds. The van der Waals surface area contributed by atoms with Crippen LogP contribution < -0.4 is 0 Å². The molecule has 45 heavy (non-hydrogen) atoms. The molecule has 1 heteroatoms. The van der Waals surface area contributed by atoms with Gasteiger partial charge in [0.15, 0.2) is 0 Å². The molecule has 1 heterocycles. The average molecular weight is 573 g/mol. The predicted molar refractivity (Wildman–Crippen MR) is 190 cm³/mol. The molecular weight excluding hydrogens is 544 g/mol. The minimum absolute atomic E-state index is 0.896. The van der Waals surface area contributed by atoms with Crippen molar-refractivity contribution < 1.29 is 4.42 Å². The molecule has 0 N–H and O–H groups in total. The maximum absolute atomic E-state index is 6.50. The second-order valence-corrected chi connectivity index (χ2v) is 11.6. The minimum atomic E-state index is 0.896. The predicted octanol–water partition coefficient (Wildman–Crippen LogP) is 12.6. The Labute approximate surface area is 261 Å². The third-order valence-electron chi connectivity index (χ3n) is 9.08. The van der Waals surface area contributed by atoms with Crippen LogP contribution in [0.15, 0.2) is 174 Å². The molecular formula is C44H28O. The lowest BCUT2D eigenvalue weighted by atomic mass is 9.85. The summed E-state index contributed by atoms with van der Waals surface area (Å²) in [6.45, 7) is 0. The van der Waals surface area contributed by atoms with Gasteiger partial charge in [-0.25, -0.2) is 0 Å². The van der Waals surface area contributed by atoms with E-state index in [1.165, 1.54) is 66.1 Å². The second-order valence-electron chi connectivity index (χ2n) is 11.6. The van der Waals surface area contributed by atoms with Crippen molar-refractivity contribution in [3.63, 3.8) is 0 Å². The molecule has 0 spiro atoms. The molecule has 0 bridgehead atoms. The Morgan fingerprint density at radius 2 is 0.800 bits per heavy atom. The molecule has 0 fully saturated rings. The Balaban J connectivity index is 1.34. The highest BCUT2D eigenvalue weighted by molar-refractivity contribution is 6.22.